The molecule has 1 aromatic heterocycles. The number of carbonyl (C=O) groups excluding carboxylic acids is 1. The molecule has 5 heteroatoms. The van der Waals surface area contributed by atoms with Gasteiger partial charge in [-0.3, -0.25) is 4.79 Å². The summed E-state index contributed by atoms with van der Waals surface area (Å²) in [4.78, 5) is 12.5. The van der Waals surface area contributed by atoms with Crippen molar-refractivity contribution in [1.29, 1.82) is 0 Å². The van der Waals surface area contributed by atoms with Crippen LogP contribution in [-0.2, 0) is 24.5 Å². The number of nitrogens with zero attached hydrogens (tertiary/aromatic N) is 2. The van der Waals surface area contributed by atoms with E-state index in [4.69, 9.17) is 4.74 Å². The Hall–Kier alpha value is -3.70. The minimum absolute atomic E-state index is 0.199. The summed E-state index contributed by atoms with van der Waals surface area (Å²) >= 11 is 0. The second-order valence-corrected chi connectivity index (χ2v) is 6.96. The van der Waals surface area contributed by atoms with Crippen molar-refractivity contribution in [2.75, 3.05) is 0 Å². The highest BCUT2D eigenvalue weighted by molar-refractivity contribution is 5.92. The molecule has 0 unspecified atom stereocenters. The van der Waals surface area contributed by atoms with E-state index in [1.165, 1.54) is 0 Å². The fraction of sp³-hybridized carbons (Fsp3) is 0.120. The molecule has 0 atom stereocenters. The van der Waals surface area contributed by atoms with Crippen molar-refractivity contribution in [3.63, 3.8) is 0 Å². The molecule has 1 heterocycles. The maximum Gasteiger partial charge on any atom is 0.272 e. The van der Waals surface area contributed by atoms with Gasteiger partial charge in [0, 0.05) is 12.7 Å². The first-order valence-corrected chi connectivity index (χ1v) is 9.87. The molecular weight excluding hydrogens is 374 g/mol. The molecule has 0 bridgehead atoms. The number of aromatic nitrogens is 2. The molecule has 150 valence electrons. The zero-order valence-electron chi connectivity index (χ0n) is 16.6. The molecule has 1 amide bonds. The summed E-state index contributed by atoms with van der Waals surface area (Å²) in [6.45, 7) is 1.54. The van der Waals surface area contributed by atoms with Crippen LogP contribution < -0.4 is 5.32 Å². The molecule has 30 heavy (non-hydrogen) atoms. The maximum atomic E-state index is 12.5. The highest BCUT2D eigenvalue weighted by Gasteiger charge is 2.10. The van der Waals surface area contributed by atoms with Crippen LogP contribution in [0.15, 0.2) is 97.2 Å². The highest BCUT2D eigenvalue weighted by atomic mass is 16.5. The first kappa shape index (κ1) is 19.6. The number of para-hydroxylation sites is 1. The molecular formula is C25H23N3O2. The molecule has 0 radical (unpaired) electrons. The molecule has 0 aliphatic heterocycles. The monoisotopic (exact) mass is 397 g/mol. The Balaban J connectivity index is 1.30. The minimum atomic E-state index is -0.199. The van der Waals surface area contributed by atoms with Gasteiger partial charge in [0.2, 0.25) is 0 Å². The lowest BCUT2D eigenvalue weighted by molar-refractivity contribution is 0.0945. The van der Waals surface area contributed by atoms with Crippen LogP contribution in [0.25, 0.3) is 5.69 Å². The molecule has 0 saturated carbocycles. The van der Waals surface area contributed by atoms with Crippen molar-refractivity contribution >= 4 is 5.91 Å². The second kappa shape index (κ2) is 9.67. The molecule has 0 aliphatic carbocycles. The number of hydrogen-bond donors (Lipinski definition) is 1. The van der Waals surface area contributed by atoms with Crippen LogP contribution >= 0.6 is 0 Å². The summed E-state index contributed by atoms with van der Waals surface area (Å²) < 4.78 is 7.49. The number of carbonyl (C=O) groups is 1. The molecule has 3 aromatic carbocycles. The largest absolute Gasteiger partial charge is 0.372 e. The Morgan fingerprint density at radius 3 is 2.27 bits per heavy atom. The molecule has 1 N–H and O–H groups in total. The normalized spacial score (nSPS) is 10.7. The van der Waals surface area contributed by atoms with Gasteiger partial charge in [-0.1, -0.05) is 72.8 Å². The SMILES string of the molecule is O=C(NCc1cccc(COCc2ccccc2)c1)c1ccn(-c2ccccc2)n1. The average Bonchev–Trinajstić information content (AvgIpc) is 3.30. The summed E-state index contributed by atoms with van der Waals surface area (Å²) in [6.07, 6.45) is 1.79. The van der Waals surface area contributed by atoms with Crippen molar-refractivity contribution in [1.82, 2.24) is 15.1 Å². The molecule has 0 fully saturated rings. The van der Waals surface area contributed by atoms with Crippen molar-refractivity contribution in [3.05, 3.63) is 120 Å². The smallest absolute Gasteiger partial charge is 0.272 e. The number of nitrogens with one attached hydrogen (secondary N) is 1. The minimum Gasteiger partial charge on any atom is -0.372 e. The van der Waals surface area contributed by atoms with Crippen LogP contribution in [0.5, 0.6) is 0 Å². The Morgan fingerprint density at radius 1 is 0.800 bits per heavy atom. The van der Waals surface area contributed by atoms with E-state index in [1.807, 2.05) is 84.9 Å². The molecule has 4 rings (SSSR count). The lowest BCUT2D eigenvalue weighted by Gasteiger charge is -2.08. The summed E-state index contributed by atoms with van der Waals surface area (Å²) in [5, 5.41) is 7.30. The molecule has 5 nitrogen and oxygen atoms in total. The van der Waals surface area contributed by atoms with Gasteiger partial charge in [-0.25, -0.2) is 4.68 Å². The predicted molar refractivity (Wildman–Crippen MR) is 116 cm³/mol. The average molecular weight is 397 g/mol. The van der Waals surface area contributed by atoms with E-state index >= 15 is 0 Å². The van der Waals surface area contributed by atoms with Gasteiger partial charge >= 0.3 is 0 Å². The number of ether oxygens (including phenoxy) is 1. The number of hydrogen-bond acceptors (Lipinski definition) is 3. The third-order valence-corrected chi connectivity index (χ3v) is 4.67. The van der Waals surface area contributed by atoms with Crippen LogP contribution in [0.3, 0.4) is 0 Å². The van der Waals surface area contributed by atoms with Crippen molar-refractivity contribution in [3.8, 4) is 5.69 Å². The quantitative estimate of drug-likeness (QED) is 0.476. The van der Waals surface area contributed by atoms with E-state index in [2.05, 4.69) is 10.4 Å². The third kappa shape index (κ3) is 5.21. The van der Waals surface area contributed by atoms with E-state index in [1.54, 1.807) is 16.9 Å². The first-order chi connectivity index (χ1) is 14.8. The zero-order valence-corrected chi connectivity index (χ0v) is 16.6. The molecule has 0 saturated heterocycles. The van der Waals surface area contributed by atoms with Crippen LogP contribution in [0.2, 0.25) is 0 Å². The van der Waals surface area contributed by atoms with Crippen LogP contribution in [0, 0.1) is 0 Å². The van der Waals surface area contributed by atoms with E-state index < -0.39 is 0 Å². The van der Waals surface area contributed by atoms with Gasteiger partial charge in [0.25, 0.3) is 5.91 Å². The Morgan fingerprint density at radius 2 is 1.47 bits per heavy atom. The van der Waals surface area contributed by atoms with Crippen molar-refractivity contribution < 1.29 is 9.53 Å². The Bertz CT molecular complexity index is 1090. The van der Waals surface area contributed by atoms with Gasteiger partial charge in [0.15, 0.2) is 5.69 Å². The van der Waals surface area contributed by atoms with E-state index in [0.29, 0.717) is 25.5 Å². The van der Waals surface area contributed by atoms with Gasteiger partial charge in [-0.05, 0) is 34.9 Å². The third-order valence-electron chi connectivity index (χ3n) is 4.67. The highest BCUT2D eigenvalue weighted by Crippen LogP contribution is 2.10. The molecule has 4 aromatic rings. The predicted octanol–water partition coefficient (Wildman–Crippen LogP) is 4.52. The van der Waals surface area contributed by atoms with Crippen molar-refractivity contribution in [2.45, 2.75) is 19.8 Å². The molecule has 0 aliphatic rings. The summed E-state index contributed by atoms with van der Waals surface area (Å²) in [5.74, 6) is -0.199. The summed E-state index contributed by atoms with van der Waals surface area (Å²) in [5.41, 5.74) is 4.55. The summed E-state index contributed by atoms with van der Waals surface area (Å²) in [6, 6.07) is 29.6. The first-order valence-electron chi connectivity index (χ1n) is 9.87. The van der Waals surface area contributed by atoms with E-state index in [9.17, 15) is 4.79 Å². The fourth-order valence-corrected chi connectivity index (χ4v) is 3.13. The maximum absolute atomic E-state index is 12.5. The topological polar surface area (TPSA) is 56.1 Å². The van der Waals surface area contributed by atoms with Gasteiger partial charge in [-0.15, -0.1) is 0 Å². The van der Waals surface area contributed by atoms with Crippen molar-refractivity contribution in [2.24, 2.45) is 0 Å². The van der Waals surface area contributed by atoms with Gasteiger partial charge in [0.05, 0.1) is 18.9 Å². The fourth-order valence-electron chi connectivity index (χ4n) is 3.13. The Kier molecular flexibility index (Phi) is 6.32. The summed E-state index contributed by atoms with van der Waals surface area (Å²) in [7, 11) is 0. The van der Waals surface area contributed by atoms with Crippen LogP contribution in [0.1, 0.15) is 27.2 Å². The standard InChI is InChI=1S/C25H23N3O2/c29-25(24-14-15-28(27-24)23-12-5-2-6-13-23)26-17-21-10-7-11-22(16-21)19-30-18-20-8-3-1-4-9-20/h1-16H,17-19H2,(H,26,29). The van der Waals surface area contributed by atoms with Crippen LogP contribution in [-0.4, -0.2) is 15.7 Å². The molecule has 0 spiro atoms. The lowest BCUT2D eigenvalue weighted by atomic mass is 10.1. The second-order valence-electron chi connectivity index (χ2n) is 6.96. The van der Waals surface area contributed by atoms with E-state index in [0.717, 1.165) is 22.4 Å². The number of benzene rings is 3. The lowest BCUT2D eigenvalue weighted by Crippen LogP contribution is -2.23. The van der Waals surface area contributed by atoms with Gasteiger partial charge in [-0.2, -0.15) is 5.10 Å². The van der Waals surface area contributed by atoms with E-state index in [-0.39, 0.29) is 5.91 Å². The number of rotatable bonds is 8. The zero-order chi connectivity index (χ0) is 20.6. The Labute approximate surface area is 175 Å². The van der Waals surface area contributed by atoms with Gasteiger partial charge in [0.1, 0.15) is 0 Å². The number of amides is 1. The van der Waals surface area contributed by atoms with Gasteiger partial charge < -0.3 is 10.1 Å². The van der Waals surface area contributed by atoms with Crippen LogP contribution in [0.4, 0.5) is 0 Å².